The fraction of sp³-hybridized carbons (Fsp3) is 0.571. The van der Waals surface area contributed by atoms with E-state index in [0.29, 0.717) is 17.8 Å². The lowest BCUT2D eigenvalue weighted by atomic mass is 10.0. The number of rotatable bonds is 2. The molecule has 2 bridgehead atoms. The van der Waals surface area contributed by atoms with Gasteiger partial charge in [0.15, 0.2) is 0 Å². The second-order valence-electron chi connectivity index (χ2n) is 5.14. The second-order valence-corrected chi connectivity index (χ2v) is 6.28. The van der Waals surface area contributed by atoms with Gasteiger partial charge in [0.05, 0.1) is 0 Å². The van der Waals surface area contributed by atoms with E-state index in [4.69, 9.17) is 0 Å². The molecule has 0 aromatic carbocycles. The lowest BCUT2D eigenvalue weighted by Crippen LogP contribution is -2.47. The summed E-state index contributed by atoms with van der Waals surface area (Å²) in [6, 6.07) is 6.44. The van der Waals surface area contributed by atoms with Crippen LogP contribution in [0, 0.1) is 0 Å². The summed E-state index contributed by atoms with van der Waals surface area (Å²) in [7, 11) is 0. The van der Waals surface area contributed by atoms with Gasteiger partial charge in [0.25, 0.3) is 5.91 Å². The first-order valence-electron chi connectivity index (χ1n) is 6.56. The van der Waals surface area contributed by atoms with Gasteiger partial charge < -0.3 is 4.90 Å². The van der Waals surface area contributed by atoms with Crippen molar-refractivity contribution in [2.24, 2.45) is 0 Å². The first kappa shape index (κ1) is 12.0. The van der Waals surface area contributed by atoms with E-state index in [2.05, 4.69) is 16.1 Å². The highest BCUT2D eigenvalue weighted by Crippen LogP contribution is 2.40. The maximum Gasteiger partial charge on any atom is 0.272 e. The lowest BCUT2D eigenvalue weighted by molar-refractivity contribution is 0.0595. The van der Waals surface area contributed by atoms with E-state index in [1.54, 1.807) is 6.20 Å². The molecule has 2 unspecified atom stereocenters. The molecule has 3 rings (SSSR count). The summed E-state index contributed by atoms with van der Waals surface area (Å²) in [6.07, 6.45) is 8.51. The molecule has 1 amide bonds. The zero-order valence-electron chi connectivity index (χ0n) is 10.6. The minimum Gasteiger partial charge on any atom is -0.331 e. The molecule has 0 saturated carbocycles. The summed E-state index contributed by atoms with van der Waals surface area (Å²) in [5, 5.41) is 0.732. The van der Waals surface area contributed by atoms with Gasteiger partial charge in [-0.15, -0.1) is 0 Å². The van der Waals surface area contributed by atoms with Crippen LogP contribution >= 0.6 is 11.8 Å². The van der Waals surface area contributed by atoms with Crippen LogP contribution < -0.4 is 0 Å². The van der Waals surface area contributed by atoms with Crippen LogP contribution in [0.15, 0.2) is 24.4 Å². The summed E-state index contributed by atoms with van der Waals surface area (Å²) >= 11 is 1.95. The number of nitrogens with zero attached hydrogens (tertiary/aromatic N) is 2. The maximum absolute atomic E-state index is 12.5. The van der Waals surface area contributed by atoms with E-state index in [0.717, 1.165) is 18.1 Å². The average Bonchev–Trinajstić information content (AvgIpc) is 2.69. The Morgan fingerprint density at radius 2 is 2.06 bits per heavy atom. The molecule has 0 spiro atoms. The third-order valence-corrected chi connectivity index (χ3v) is 5.19. The normalized spacial score (nSPS) is 30.5. The van der Waals surface area contributed by atoms with Crippen LogP contribution in [0.25, 0.3) is 0 Å². The summed E-state index contributed by atoms with van der Waals surface area (Å²) in [5.74, 6) is 0.127. The van der Waals surface area contributed by atoms with Gasteiger partial charge in [-0.3, -0.25) is 9.78 Å². The molecule has 2 aliphatic rings. The number of pyridine rings is 1. The first-order chi connectivity index (χ1) is 8.79. The van der Waals surface area contributed by atoms with Gasteiger partial charge in [-0.1, -0.05) is 6.07 Å². The number of carbonyl (C=O) groups excluding carboxylic acids is 1. The molecule has 0 aliphatic carbocycles. The molecule has 0 N–H and O–H groups in total. The fourth-order valence-electron chi connectivity index (χ4n) is 3.27. The van der Waals surface area contributed by atoms with Crippen molar-refractivity contribution in [2.75, 3.05) is 6.26 Å². The molecule has 2 fully saturated rings. The molecule has 1 aromatic rings. The Kier molecular flexibility index (Phi) is 3.29. The summed E-state index contributed by atoms with van der Waals surface area (Å²) < 4.78 is 0. The largest absolute Gasteiger partial charge is 0.331 e. The summed E-state index contributed by atoms with van der Waals surface area (Å²) in [6.45, 7) is 0. The molecule has 0 radical (unpaired) electrons. The number of thioether (sulfide) groups is 1. The van der Waals surface area contributed by atoms with Crippen LogP contribution in [0.5, 0.6) is 0 Å². The van der Waals surface area contributed by atoms with E-state index in [1.807, 2.05) is 30.0 Å². The lowest BCUT2D eigenvalue weighted by Gasteiger charge is -2.38. The number of carbonyl (C=O) groups is 1. The van der Waals surface area contributed by atoms with Crippen molar-refractivity contribution < 1.29 is 4.79 Å². The topological polar surface area (TPSA) is 33.2 Å². The van der Waals surface area contributed by atoms with Crippen molar-refractivity contribution in [3.05, 3.63) is 30.1 Å². The van der Waals surface area contributed by atoms with Crippen LogP contribution in [-0.2, 0) is 0 Å². The predicted molar refractivity (Wildman–Crippen MR) is 73.8 cm³/mol. The average molecular weight is 262 g/mol. The van der Waals surface area contributed by atoms with E-state index >= 15 is 0 Å². The zero-order valence-corrected chi connectivity index (χ0v) is 11.4. The SMILES string of the molecule is CSC1CC2CCC(C1)N2C(=O)c1ccccn1. The van der Waals surface area contributed by atoms with Crippen LogP contribution in [0.2, 0.25) is 0 Å². The Bertz CT molecular complexity index is 423. The molecule has 2 aliphatic heterocycles. The zero-order chi connectivity index (χ0) is 12.5. The molecule has 3 nitrogen and oxygen atoms in total. The first-order valence-corrected chi connectivity index (χ1v) is 7.85. The van der Waals surface area contributed by atoms with Gasteiger partial charge in [0.2, 0.25) is 0 Å². The molecule has 18 heavy (non-hydrogen) atoms. The minimum atomic E-state index is 0.127. The Morgan fingerprint density at radius 3 is 2.61 bits per heavy atom. The second kappa shape index (κ2) is 4.92. The van der Waals surface area contributed by atoms with E-state index in [9.17, 15) is 4.79 Å². The number of hydrogen-bond donors (Lipinski definition) is 0. The number of hydrogen-bond acceptors (Lipinski definition) is 3. The van der Waals surface area contributed by atoms with Gasteiger partial charge in [0, 0.05) is 23.5 Å². The molecule has 3 heterocycles. The minimum absolute atomic E-state index is 0.127. The smallest absolute Gasteiger partial charge is 0.272 e. The molecular formula is C14H18N2OS. The van der Waals surface area contributed by atoms with Crippen molar-refractivity contribution >= 4 is 17.7 Å². The Morgan fingerprint density at radius 1 is 1.33 bits per heavy atom. The standard InChI is InChI=1S/C14H18N2OS/c1-18-12-8-10-5-6-11(9-12)16(10)14(17)13-4-2-3-7-15-13/h2-4,7,10-12H,5-6,8-9H2,1H3. The number of amides is 1. The van der Waals surface area contributed by atoms with Gasteiger partial charge in [-0.25, -0.2) is 0 Å². The van der Waals surface area contributed by atoms with Crippen LogP contribution in [0.1, 0.15) is 36.2 Å². The van der Waals surface area contributed by atoms with Crippen LogP contribution in [-0.4, -0.2) is 39.4 Å². The van der Waals surface area contributed by atoms with Crippen molar-refractivity contribution in [1.29, 1.82) is 0 Å². The highest BCUT2D eigenvalue weighted by molar-refractivity contribution is 7.99. The third-order valence-electron chi connectivity index (χ3n) is 4.14. The van der Waals surface area contributed by atoms with Crippen LogP contribution in [0.4, 0.5) is 0 Å². The Labute approximate surface area is 112 Å². The molecule has 96 valence electrons. The fourth-order valence-corrected chi connectivity index (χ4v) is 4.10. The van der Waals surface area contributed by atoms with E-state index in [1.165, 1.54) is 12.8 Å². The molecule has 4 heteroatoms. The number of fused-ring (bicyclic) bond motifs is 2. The van der Waals surface area contributed by atoms with Crippen molar-refractivity contribution in [3.63, 3.8) is 0 Å². The Balaban J connectivity index is 1.80. The number of aromatic nitrogens is 1. The molecule has 2 atom stereocenters. The van der Waals surface area contributed by atoms with Crippen molar-refractivity contribution in [3.8, 4) is 0 Å². The van der Waals surface area contributed by atoms with Gasteiger partial charge in [0.1, 0.15) is 5.69 Å². The Hall–Kier alpha value is -1.03. The van der Waals surface area contributed by atoms with Gasteiger partial charge in [-0.05, 0) is 44.1 Å². The summed E-state index contributed by atoms with van der Waals surface area (Å²) in [4.78, 5) is 18.8. The van der Waals surface area contributed by atoms with Gasteiger partial charge >= 0.3 is 0 Å². The van der Waals surface area contributed by atoms with Crippen molar-refractivity contribution in [2.45, 2.75) is 43.0 Å². The highest BCUT2D eigenvalue weighted by Gasteiger charge is 2.43. The third kappa shape index (κ3) is 2.03. The van der Waals surface area contributed by atoms with Crippen LogP contribution in [0.3, 0.4) is 0 Å². The highest BCUT2D eigenvalue weighted by atomic mass is 32.2. The number of piperidine rings is 1. The van der Waals surface area contributed by atoms with E-state index in [-0.39, 0.29) is 5.91 Å². The monoisotopic (exact) mass is 262 g/mol. The van der Waals surface area contributed by atoms with Crippen molar-refractivity contribution in [1.82, 2.24) is 9.88 Å². The quantitative estimate of drug-likeness (QED) is 0.821. The maximum atomic E-state index is 12.5. The molecule has 1 aromatic heterocycles. The summed E-state index contributed by atoms with van der Waals surface area (Å²) in [5.41, 5.74) is 0.594. The molecular weight excluding hydrogens is 244 g/mol. The van der Waals surface area contributed by atoms with E-state index < -0.39 is 0 Å². The predicted octanol–water partition coefficient (Wildman–Crippen LogP) is 2.58. The molecule has 2 saturated heterocycles. The van der Waals surface area contributed by atoms with Gasteiger partial charge in [-0.2, -0.15) is 11.8 Å².